The number of rotatable bonds is 7. The average molecular weight is 463 g/mol. The van der Waals surface area contributed by atoms with Crippen LogP contribution in [0.3, 0.4) is 0 Å². The Morgan fingerprint density at radius 1 is 0.562 bits per heavy atom. The van der Waals surface area contributed by atoms with E-state index in [4.69, 9.17) is 0 Å². The Kier molecular flexibility index (Phi) is 6.75. The topological polar surface area (TPSA) is 26.7 Å². The molecule has 0 spiro atoms. The monoisotopic (exact) mass is 462 g/mol. The lowest BCUT2D eigenvalue weighted by molar-refractivity contribution is 0.126. The number of hydrogen-bond donors (Lipinski definition) is 1. The first-order valence-corrected chi connectivity index (χ1v) is 18.2. The van der Waals surface area contributed by atoms with Crippen molar-refractivity contribution in [2.45, 2.75) is 44.9 Å². The van der Waals surface area contributed by atoms with Gasteiger partial charge in [0.05, 0.1) is 0 Å². The summed E-state index contributed by atoms with van der Waals surface area (Å²) in [5.41, 5.74) is 3.79. The summed E-state index contributed by atoms with van der Waals surface area (Å²) in [6.07, 6.45) is 0. The summed E-state index contributed by atoms with van der Waals surface area (Å²) in [6, 6.07) is 26.8. The SMILES string of the molecule is CN(C)c1ccc(C(O)(c2ccccc2)c2ccc(N([Si](C)(C)C)[Si](C)(C)C)cc2)cc1. The molecule has 0 bridgehead atoms. The van der Waals surface area contributed by atoms with E-state index in [1.165, 1.54) is 5.69 Å². The Morgan fingerprint density at radius 3 is 1.31 bits per heavy atom. The van der Waals surface area contributed by atoms with Crippen LogP contribution in [-0.4, -0.2) is 35.7 Å². The predicted molar refractivity (Wildman–Crippen MR) is 145 cm³/mol. The number of benzene rings is 3. The summed E-state index contributed by atoms with van der Waals surface area (Å²) < 4.78 is 2.71. The fraction of sp³-hybridized carbons (Fsp3) is 0.333. The molecule has 0 amide bonds. The van der Waals surface area contributed by atoms with Gasteiger partial charge in [-0.15, -0.1) is 0 Å². The summed E-state index contributed by atoms with van der Waals surface area (Å²) in [7, 11) is 0.969. The molecule has 3 aromatic carbocycles. The van der Waals surface area contributed by atoms with Gasteiger partial charge in [-0.05, 0) is 41.0 Å². The normalized spacial score (nSPS) is 14.0. The minimum atomic E-state index is -1.54. The van der Waals surface area contributed by atoms with E-state index in [2.05, 4.69) is 84.8 Å². The van der Waals surface area contributed by atoms with Crippen LogP contribution in [0.1, 0.15) is 16.7 Å². The molecule has 3 rings (SSSR count). The molecule has 0 saturated heterocycles. The number of hydrogen-bond acceptors (Lipinski definition) is 3. The highest BCUT2D eigenvalue weighted by atomic mass is 28.4. The third-order valence-corrected chi connectivity index (χ3v) is 13.1. The van der Waals surface area contributed by atoms with E-state index in [0.717, 1.165) is 22.4 Å². The fourth-order valence-corrected chi connectivity index (χ4v) is 14.7. The van der Waals surface area contributed by atoms with Crippen LogP contribution in [0, 0.1) is 0 Å². The van der Waals surface area contributed by atoms with Gasteiger partial charge >= 0.3 is 0 Å². The number of anilines is 2. The average Bonchev–Trinajstić information content (AvgIpc) is 2.72. The Labute approximate surface area is 196 Å². The molecule has 3 aromatic rings. The molecule has 3 nitrogen and oxygen atoms in total. The predicted octanol–water partition coefficient (Wildman–Crippen LogP) is 6.51. The molecule has 0 aliphatic rings. The highest BCUT2D eigenvalue weighted by Gasteiger charge is 2.36. The first-order valence-electron chi connectivity index (χ1n) is 11.3. The second-order valence-corrected chi connectivity index (χ2v) is 20.8. The zero-order valence-corrected chi connectivity index (χ0v) is 22.8. The maximum absolute atomic E-state index is 12.2. The molecule has 1 atom stereocenters. The van der Waals surface area contributed by atoms with E-state index < -0.39 is 22.1 Å². The molecule has 0 heterocycles. The molecular formula is C27H38N2OSi2. The molecule has 0 radical (unpaired) electrons. The molecule has 0 aliphatic carbocycles. The summed E-state index contributed by atoms with van der Waals surface area (Å²) >= 11 is 0. The van der Waals surface area contributed by atoms with Crippen molar-refractivity contribution in [2.75, 3.05) is 23.2 Å². The van der Waals surface area contributed by atoms with E-state index in [-0.39, 0.29) is 0 Å². The zero-order valence-electron chi connectivity index (χ0n) is 20.8. The van der Waals surface area contributed by atoms with Crippen molar-refractivity contribution in [3.8, 4) is 0 Å². The standard InChI is InChI=1S/C27H38N2OSi2/c1-28(2)25-18-14-23(15-19-25)27(30,22-12-10-9-11-13-22)24-16-20-26(21-17-24)29(31(3,4)5)32(6,7)8/h9-21,30H,1-8H3. The van der Waals surface area contributed by atoms with E-state index in [0.29, 0.717) is 0 Å². The summed E-state index contributed by atoms with van der Waals surface area (Å²) in [4.78, 5) is 2.07. The lowest BCUT2D eigenvalue weighted by Gasteiger charge is -2.46. The van der Waals surface area contributed by atoms with Gasteiger partial charge < -0.3 is 14.2 Å². The number of nitrogens with zero attached hydrogens (tertiary/aromatic N) is 2. The van der Waals surface area contributed by atoms with Crippen LogP contribution in [0.15, 0.2) is 78.9 Å². The van der Waals surface area contributed by atoms with Gasteiger partial charge in [0, 0.05) is 25.5 Å². The molecular weight excluding hydrogens is 424 g/mol. The zero-order chi connectivity index (χ0) is 23.7. The van der Waals surface area contributed by atoms with Crippen molar-refractivity contribution < 1.29 is 5.11 Å². The highest BCUT2D eigenvalue weighted by Crippen LogP contribution is 2.39. The van der Waals surface area contributed by atoms with Crippen LogP contribution < -0.4 is 9.13 Å². The van der Waals surface area contributed by atoms with Gasteiger partial charge in [0.25, 0.3) is 0 Å². The van der Waals surface area contributed by atoms with Gasteiger partial charge in [-0.1, -0.05) is 93.9 Å². The lowest BCUT2D eigenvalue weighted by Crippen LogP contribution is -2.59. The molecule has 170 valence electrons. The summed E-state index contributed by atoms with van der Waals surface area (Å²) in [6.45, 7) is 14.5. The lowest BCUT2D eigenvalue weighted by atomic mass is 9.80. The Bertz CT molecular complexity index is 1010. The van der Waals surface area contributed by atoms with Gasteiger partial charge in [0.2, 0.25) is 0 Å². The van der Waals surface area contributed by atoms with Crippen LogP contribution in [0.2, 0.25) is 39.3 Å². The maximum Gasteiger partial charge on any atom is 0.140 e. The van der Waals surface area contributed by atoms with Crippen LogP contribution in [0.4, 0.5) is 11.4 Å². The smallest absolute Gasteiger partial charge is 0.140 e. The molecule has 1 unspecified atom stereocenters. The molecule has 0 aliphatic heterocycles. The molecule has 1 N–H and O–H groups in total. The van der Waals surface area contributed by atoms with Crippen molar-refractivity contribution in [3.05, 3.63) is 95.6 Å². The molecule has 5 heteroatoms. The van der Waals surface area contributed by atoms with E-state index in [1.54, 1.807) is 0 Å². The first-order chi connectivity index (χ1) is 14.8. The van der Waals surface area contributed by atoms with Crippen molar-refractivity contribution in [2.24, 2.45) is 0 Å². The van der Waals surface area contributed by atoms with E-state index in [9.17, 15) is 5.11 Å². The molecule has 0 aromatic heterocycles. The van der Waals surface area contributed by atoms with Gasteiger partial charge in [-0.3, -0.25) is 0 Å². The summed E-state index contributed by atoms with van der Waals surface area (Å²) in [5.74, 6) is 0. The van der Waals surface area contributed by atoms with Gasteiger partial charge in [0.15, 0.2) is 0 Å². The minimum absolute atomic E-state index is 0.870. The van der Waals surface area contributed by atoms with E-state index >= 15 is 0 Å². The van der Waals surface area contributed by atoms with Crippen LogP contribution in [0.5, 0.6) is 0 Å². The summed E-state index contributed by atoms with van der Waals surface area (Å²) in [5, 5.41) is 12.2. The second-order valence-electron chi connectivity index (χ2n) is 10.7. The van der Waals surface area contributed by atoms with Crippen molar-refractivity contribution >= 4 is 27.8 Å². The molecule has 0 saturated carbocycles. The highest BCUT2D eigenvalue weighted by molar-refractivity contribution is 6.99. The Hall–Kier alpha value is -2.35. The van der Waals surface area contributed by atoms with E-state index in [1.807, 2.05) is 56.6 Å². The third-order valence-electron chi connectivity index (χ3n) is 5.88. The quantitative estimate of drug-likeness (QED) is 0.320. The maximum atomic E-state index is 12.2. The molecule has 0 fully saturated rings. The van der Waals surface area contributed by atoms with Crippen LogP contribution in [-0.2, 0) is 5.60 Å². The van der Waals surface area contributed by atoms with Crippen molar-refractivity contribution in [1.82, 2.24) is 0 Å². The third kappa shape index (κ3) is 4.85. The van der Waals surface area contributed by atoms with Gasteiger partial charge in [-0.25, -0.2) is 0 Å². The minimum Gasteiger partial charge on any atom is -0.425 e. The Morgan fingerprint density at radius 2 is 0.938 bits per heavy atom. The fourth-order valence-electron chi connectivity index (χ4n) is 4.81. The molecule has 32 heavy (non-hydrogen) atoms. The first kappa shape index (κ1) is 24.3. The largest absolute Gasteiger partial charge is 0.425 e. The van der Waals surface area contributed by atoms with Gasteiger partial charge in [-0.2, -0.15) is 0 Å². The van der Waals surface area contributed by atoms with Crippen LogP contribution >= 0.6 is 0 Å². The van der Waals surface area contributed by atoms with Crippen molar-refractivity contribution in [1.29, 1.82) is 0 Å². The number of aliphatic hydroxyl groups is 1. The van der Waals surface area contributed by atoms with Gasteiger partial charge in [0.1, 0.15) is 22.1 Å². The van der Waals surface area contributed by atoms with Crippen molar-refractivity contribution in [3.63, 3.8) is 0 Å². The Balaban J connectivity index is 2.13. The second kappa shape index (κ2) is 8.89. The van der Waals surface area contributed by atoms with Crippen LogP contribution in [0.25, 0.3) is 0 Å².